The largest absolute Gasteiger partial charge is 0.488 e. The van der Waals surface area contributed by atoms with Crippen LogP contribution in [0.1, 0.15) is 15.9 Å². The van der Waals surface area contributed by atoms with Crippen LogP contribution in [0, 0.1) is 11.6 Å². The van der Waals surface area contributed by atoms with Gasteiger partial charge in [-0.1, -0.05) is 12.1 Å². The molecule has 0 aliphatic rings. The maximum atomic E-state index is 13.8. The van der Waals surface area contributed by atoms with Gasteiger partial charge in [-0.05, 0) is 40.2 Å². The van der Waals surface area contributed by atoms with Crippen molar-refractivity contribution in [1.82, 2.24) is 0 Å². The molecular weight excluding hydrogens is 332 g/mol. The quantitative estimate of drug-likeness (QED) is 0.866. The molecule has 2 aromatic rings. The normalized spacial score (nSPS) is 10.3. The van der Waals surface area contributed by atoms with Crippen LogP contribution in [0.4, 0.5) is 8.78 Å². The highest BCUT2D eigenvalue weighted by Crippen LogP contribution is 2.24. The lowest BCUT2D eigenvalue weighted by Crippen LogP contribution is -2.13. The van der Waals surface area contributed by atoms with Crippen LogP contribution in [0.15, 0.2) is 40.9 Å². The van der Waals surface area contributed by atoms with Gasteiger partial charge in [0.15, 0.2) is 0 Å². The predicted octanol–water partition coefficient (Wildman–Crippen LogP) is 3.41. The van der Waals surface area contributed by atoms with Crippen molar-refractivity contribution in [2.24, 2.45) is 5.73 Å². The number of primary amides is 1. The van der Waals surface area contributed by atoms with Gasteiger partial charge in [0.05, 0.1) is 15.6 Å². The van der Waals surface area contributed by atoms with Crippen LogP contribution in [0.2, 0.25) is 0 Å². The Kier molecular flexibility index (Phi) is 4.34. The molecule has 6 heteroatoms. The highest BCUT2D eigenvalue weighted by Gasteiger charge is 2.14. The molecule has 0 spiro atoms. The average Bonchev–Trinajstić information content (AvgIpc) is 2.43. The van der Waals surface area contributed by atoms with Crippen molar-refractivity contribution in [3.63, 3.8) is 0 Å². The van der Waals surface area contributed by atoms with Gasteiger partial charge < -0.3 is 10.5 Å². The molecule has 3 nitrogen and oxygen atoms in total. The summed E-state index contributed by atoms with van der Waals surface area (Å²) in [5, 5.41) is 0. The molecule has 2 aromatic carbocycles. The lowest BCUT2D eigenvalue weighted by Gasteiger charge is -2.11. The molecule has 0 heterocycles. The molecule has 0 radical (unpaired) electrons. The summed E-state index contributed by atoms with van der Waals surface area (Å²) in [6, 6.07) is 8.64. The maximum absolute atomic E-state index is 13.8. The van der Waals surface area contributed by atoms with E-state index in [2.05, 4.69) is 15.9 Å². The molecule has 0 bridgehead atoms. The van der Waals surface area contributed by atoms with Gasteiger partial charge in [-0.15, -0.1) is 0 Å². The number of benzene rings is 2. The Morgan fingerprint density at radius 3 is 2.60 bits per heavy atom. The molecule has 20 heavy (non-hydrogen) atoms. The van der Waals surface area contributed by atoms with Crippen molar-refractivity contribution >= 4 is 21.8 Å². The second-order valence-corrected chi connectivity index (χ2v) is 4.83. The number of ether oxygens (including phenoxy) is 1. The van der Waals surface area contributed by atoms with E-state index in [0.717, 1.165) is 6.07 Å². The number of carbonyl (C=O) groups excluding carboxylic acids is 1. The fourth-order valence-electron chi connectivity index (χ4n) is 1.65. The molecule has 0 aromatic heterocycles. The van der Waals surface area contributed by atoms with Gasteiger partial charge in [-0.2, -0.15) is 0 Å². The van der Waals surface area contributed by atoms with Crippen molar-refractivity contribution in [3.05, 3.63) is 63.6 Å². The molecular formula is C14H10BrF2NO2. The van der Waals surface area contributed by atoms with E-state index in [9.17, 15) is 13.6 Å². The molecule has 2 rings (SSSR count). The van der Waals surface area contributed by atoms with Crippen molar-refractivity contribution in [2.75, 3.05) is 0 Å². The highest BCUT2D eigenvalue weighted by molar-refractivity contribution is 9.10. The number of carbonyl (C=O) groups is 1. The summed E-state index contributed by atoms with van der Waals surface area (Å²) in [6.07, 6.45) is 0. The van der Waals surface area contributed by atoms with Crippen LogP contribution < -0.4 is 10.5 Å². The minimum Gasteiger partial charge on any atom is -0.488 e. The number of rotatable bonds is 4. The Morgan fingerprint density at radius 1 is 1.20 bits per heavy atom. The number of para-hydroxylation sites is 1. The SMILES string of the molecule is NC(=O)c1ccccc1OCc1c(F)ccc(Br)c1F. The third kappa shape index (κ3) is 2.96. The number of amides is 1. The fourth-order valence-corrected chi connectivity index (χ4v) is 2.02. The zero-order valence-electron chi connectivity index (χ0n) is 10.2. The van der Waals surface area contributed by atoms with Gasteiger partial charge in [0.1, 0.15) is 24.0 Å². The summed E-state index contributed by atoms with van der Waals surface area (Å²) in [5.74, 6) is -1.95. The Bertz CT molecular complexity index is 662. The van der Waals surface area contributed by atoms with Crippen molar-refractivity contribution in [2.45, 2.75) is 6.61 Å². The second kappa shape index (κ2) is 6.00. The first-order valence-corrected chi connectivity index (χ1v) is 6.44. The molecule has 0 aliphatic carbocycles. The fraction of sp³-hybridized carbons (Fsp3) is 0.0714. The summed E-state index contributed by atoms with van der Waals surface area (Å²) >= 11 is 2.97. The van der Waals surface area contributed by atoms with E-state index in [1.807, 2.05) is 0 Å². The van der Waals surface area contributed by atoms with Gasteiger partial charge in [-0.3, -0.25) is 4.79 Å². The molecule has 0 saturated heterocycles. The third-order valence-electron chi connectivity index (χ3n) is 2.66. The first-order chi connectivity index (χ1) is 9.50. The summed E-state index contributed by atoms with van der Waals surface area (Å²) in [5.41, 5.74) is 5.13. The summed E-state index contributed by atoms with van der Waals surface area (Å²) in [6.45, 7) is -0.346. The van der Waals surface area contributed by atoms with E-state index in [1.54, 1.807) is 12.1 Å². The minimum atomic E-state index is -0.735. The number of hydrogen-bond acceptors (Lipinski definition) is 2. The smallest absolute Gasteiger partial charge is 0.252 e. The summed E-state index contributed by atoms with van der Waals surface area (Å²) < 4.78 is 32.8. The van der Waals surface area contributed by atoms with Crippen molar-refractivity contribution in [1.29, 1.82) is 0 Å². The lowest BCUT2D eigenvalue weighted by atomic mass is 10.2. The molecule has 0 fully saturated rings. The molecule has 0 atom stereocenters. The van der Waals surface area contributed by atoms with Gasteiger partial charge in [0, 0.05) is 0 Å². The molecule has 1 amide bonds. The Balaban J connectivity index is 2.26. The first kappa shape index (κ1) is 14.5. The molecule has 0 unspecified atom stereocenters. The lowest BCUT2D eigenvalue weighted by molar-refractivity contribution is 0.0996. The van der Waals surface area contributed by atoms with Gasteiger partial charge in [-0.25, -0.2) is 8.78 Å². The molecule has 2 N–H and O–H groups in total. The van der Waals surface area contributed by atoms with Crippen LogP contribution in [0.3, 0.4) is 0 Å². The van der Waals surface area contributed by atoms with E-state index in [4.69, 9.17) is 10.5 Å². The second-order valence-electron chi connectivity index (χ2n) is 3.97. The number of hydrogen-bond donors (Lipinski definition) is 1. The number of nitrogens with two attached hydrogens (primary N) is 1. The van der Waals surface area contributed by atoms with Crippen LogP contribution in [0.25, 0.3) is 0 Å². The van der Waals surface area contributed by atoms with Crippen LogP contribution in [0.5, 0.6) is 5.75 Å². The van der Waals surface area contributed by atoms with E-state index in [1.165, 1.54) is 18.2 Å². The zero-order chi connectivity index (χ0) is 14.7. The van der Waals surface area contributed by atoms with Crippen LogP contribution >= 0.6 is 15.9 Å². The molecule has 0 aliphatic heterocycles. The van der Waals surface area contributed by atoms with Crippen LogP contribution in [-0.4, -0.2) is 5.91 Å². The topological polar surface area (TPSA) is 52.3 Å². The van der Waals surface area contributed by atoms with Gasteiger partial charge >= 0.3 is 0 Å². The predicted molar refractivity (Wildman–Crippen MR) is 73.3 cm³/mol. The molecule has 104 valence electrons. The Labute approximate surface area is 122 Å². The highest BCUT2D eigenvalue weighted by atomic mass is 79.9. The van der Waals surface area contributed by atoms with E-state index < -0.39 is 17.5 Å². The first-order valence-electron chi connectivity index (χ1n) is 5.64. The molecule has 0 saturated carbocycles. The average molecular weight is 342 g/mol. The monoisotopic (exact) mass is 341 g/mol. The van der Waals surface area contributed by atoms with E-state index in [0.29, 0.717) is 0 Å². The Hall–Kier alpha value is -1.95. The van der Waals surface area contributed by atoms with Gasteiger partial charge in [0.2, 0.25) is 0 Å². The maximum Gasteiger partial charge on any atom is 0.252 e. The van der Waals surface area contributed by atoms with Gasteiger partial charge in [0.25, 0.3) is 5.91 Å². The van der Waals surface area contributed by atoms with Crippen molar-refractivity contribution in [3.8, 4) is 5.75 Å². The van der Waals surface area contributed by atoms with E-state index in [-0.39, 0.29) is 28.0 Å². The van der Waals surface area contributed by atoms with Crippen molar-refractivity contribution < 1.29 is 18.3 Å². The third-order valence-corrected chi connectivity index (χ3v) is 3.28. The number of halogens is 3. The van der Waals surface area contributed by atoms with Crippen LogP contribution in [-0.2, 0) is 6.61 Å². The minimum absolute atomic E-state index is 0.140. The zero-order valence-corrected chi connectivity index (χ0v) is 11.8. The Morgan fingerprint density at radius 2 is 1.90 bits per heavy atom. The summed E-state index contributed by atoms with van der Waals surface area (Å²) in [7, 11) is 0. The standard InChI is InChI=1S/C14H10BrF2NO2/c15-10-5-6-11(16)9(13(10)17)7-20-12-4-2-1-3-8(12)14(18)19/h1-6H,7H2,(H2,18,19). The van der Waals surface area contributed by atoms with E-state index >= 15 is 0 Å². The summed E-state index contributed by atoms with van der Waals surface area (Å²) in [4.78, 5) is 11.2.